The van der Waals surface area contributed by atoms with Gasteiger partial charge in [0.2, 0.25) is 10.0 Å². The topological polar surface area (TPSA) is 66.5 Å². The summed E-state index contributed by atoms with van der Waals surface area (Å²) >= 11 is 0. The van der Waals surface area contributed by atoms with Crippen LogP contribution in [0.15, 0.2) is 60.7 Å². The quantitative estimate of drug-likeness (QED) is 0.582. The van der Waals surface area contributed by atoms with Gasteiger partial charge in [0.15, 0.2) is 0 Å². The van der Waals surface area contributed by atoms with Gasteiger partial charge in [-0.2, -0.15) is 0 Å². The average Bonchev–Trinajstić information content (AvgIpc) is 2.67. The van der Waals surface area contributed by atoms with Crippen molar-refractivity contribution in [2.75, 3.05) is 15.9 Å². The number of sulfonamides is 1. The third-order valence-corrected chi connectivity index (χ3v) is 6.34. The number of rotatable bonds is 6. The monoisotopic (exact) mass is 436 g/mol. The largest absolute Gasteiger partial charge is 0.322 e. The minimum atomic E-state index is -3.47. The van der Waals surface area contributed by atoms with E-state index in [0.717, 1.165) is 33.5 Å². The molecule has 0 atom stereocenters. The Morgan fingerprint density at radius 2 is 1.45 bits per heavy atom. The van der Waals surface area contributed by atoms with E-state index in [4.69, 9.17) is 0 Å². The summed E-state index contributed by atoms with van der Waals surface area (Å²) in [6.07, 6.45) is 1.20. The molecule has 5 nitrogen and oxygen atoms in total. The maximum absolute atomic E-state index is 12.6. The van der Waals surface area contributed by atoms with Crippen molar-refractivity contribution in [3.8, 4) is 0 Å². The first-order valence-corrected chi connectivity index (χ1v) is 11.9. The highest BCUT2D eigenvalue weighted by Gasteiger charge is 2.18. The molecule has 1 amide bonds. The maximum atomic E-state index is 12.6. The smallest absolute Gasteiger partial charge is 0.255 e. The molecule has 0 fully saturated rings. The fourth-order valence-corrected chi connectivity index (χ4v) is 4.34. The molecule has 0 aromatic heterocycles. The van der Waals surface area contributed by atoms with E-state index >= 15 is 0 Å². The number of hydrogen-bond acceptors (Lipinski definition) is 3. The van der Waals surface area contributed by atoms with E-state index in [1.165, 1.54) is 10.6 Å². The van der Waals surface area contributed by atoms with E-state index < -0.39 is 10.0 Å². The van der Waals surface area contributed by atoms with Crippen LogP contribution < -0.4 is 9.62 Å². The lowest BCUT2D eigenvalue weighted by Crippen LogP contribution is -2.29. The number of hydrogen-bond donors (Lipinski definition) is 1. The Morgan fingerprint density at radius 1 is 0.839 bits per heavy atom. The summed E-state index contributed by atoms with van der Waals surface area (Å²) in [5, 5.41) is 2.92. The van der Waals surface area contributed by atoms with Crippen LogP contribution in [0.2, 0.25) is 0 Å². The summed E-state index contributed by atoms with van der Waals surface area (Å²) in [5.41, 5.74) is 7.00. The standard InChI is InChI=1S/C25H28N2O3S/c1-17-12-18(2)14-23(13-17)26-25(28)22-9-7-21(8-10-22)16-27(31(5,29)30)24-11-6-19(3)20(4)15-24/h6-15H,16H2,1-5H3,(H,26,28). The van der Waals surface area contributed by atoms with Crippen molar-refractivity contribution < 1.29 is 13.2 Å². The third kappa shape index (κ3) is 5.73. The van der Waals surface area contributed by atoms with Gasteiger partial charge in [0.05, 0.1) is 18.5 Å². The summed E-state index contributed by atoms with van der Waals surface area (Å²) in [7, 11) is -3.47. The zero-order valence-electron chi connectivity index (χ0n) is 18.6. The number of anilines is 2. The predicted molar refractivity (Wildman–Crippen MR) is 127 cm³/mol. The average molecular weight is 437 g/mol. The van der Waals surface area contributed by atoms with E-state index in [-0.39, 0.29) is 12.5 Å². The van der Waals surface area contributed by atoms with E-state index in [1.54, 1.807) is 24.3 Å². The molecule has 0 unspecified atom stereocenters. The van der Waals surface area contributed by atoms with Crippen LogP contribution in [0.5, 0.6) is 0 Å². The lowest BCUT2D eigenvalue weighted by molar-refractivity contribution is 0.102. The van der Waals surface area contributed by atoms with Gasteiger partial charge in [-0.3, -0.25) is 9.10 Å². The lowest BCUT2D eigenvalue weighted by Gasteiger charge is -2.23. The second-order valence-corrected chi connectivity index (χ2v) is 9.97. The number of benzene rings is 3. The highest BCUT2D eigenvalue weighted by molar-refractivity contribution is 7.92. The fraction of sp³-hybridized carbons (Fsp3) is 0.240. The van der Waals surface area contributed by atoms with Crippen molar-refractivity contribution in [2.45, 2.75) is 34.2 Å². The van der Waals surface area contributed by atoms with Gasteiger partial charge >= 0.3 is 0 Å². The second kappa shape index (κ2) is 8.94. The maximum Gasteiger partial charge on any atom is 0.255 e. The second-order valence-electron chi connectivity index (χ2n) is 8.07. The molecule has 3 aromatic rings. The van der Waals surface area contributed by atoms with Crippen LogP contribution >= 0.6 is 0 Å². The molecule has 0 saturated heterocycles. The van der Waals surface area contributed by atoms with Gasteiger partial charge < -0.3 is 5.32 Å². The molecule has 0 bridgehead atoms. The zero-order chi connectivity index (χ0) is 22.8. The Balaban J connectivity index is 1.79. The molecule has 0 saturated carbocycles. The molecule has 0 spiro atoms. The summed E-state index contributed by atoms with van der Waals surface area (Å²) in [4.78, 5) is 12.6. The molecule has 0 heterocycles. The summed E-state index contributed by atoms with van der Waals surface area (Å²) in [5.74, 6) is -0.203. The molecule has 0 aliphatic carbocycles. The Hall–Kier alpha value is -3.12. The predicted octanol–water partition coefficient (Wildman–Crippen LogP) is 5.14. The summed E-state index contributed by atoms with van der Waals surface area (Å²) < 4.78 is 26.2. The van der Waals surface area contributed by atoms with Crippen LogP contribution in [0.1, 0.15) is 38.2 Å². The zero-order valence-corrected chi connectivity index (χ0v) is 19.4. The van der Waals surface area contributed by atoms with Gasteiger partial charge in [0, 0.05) is 11.3 Å². The molecular weight excluding hydrogens is 408 g/mol. The molecular formula is C25H28N2O3S. The van der Waals surface area contributed by atoms with Gasteiger partial charge in [0.25, 0.3) is 5.91 Å². The van der Waals surface area contributed by atoms with Crippen LogP contribution in [-0.4, -0.2) is 20.6 Å². The van der Waals surface area contributed by atoms with Crippen LogP contribution in [-0.2, 0) is 16.6 Å². The van der Waals surface area contributed by atoms with Crippen molar-refractivity contribution in [3.63, 3.8) is 0 Å². The molecule has 6 heteroatoms. The Morgan fingerprint density at radius 3 is 2.00 bits per heavy atom. The Bertz CT molecular complexity index is 1200. The van der Waals surface area contributed by atoms with Crippen molar-refractivity contribution in [1.29, 1.82) is 0 Å². The molecule has 0 radical (unpaired) electrons. The van der Waals surface area contributed by atoms with E-state index in [2.05, 4.69) is 5.32 Å². The highest BCUT2D eigenvalue weighted by atomic mass is 32.2. The van der Waals surface area contributed by atoms with Gasteiger partial charge in [-0.15, -0.1) is 0 Å². The first-order chi connectivity index (χ1) is 14.5. The molecule has 0 aliphatic rings. The normalized spacial score (nSPS) is 11.3. The SMILES string of the molecule is Cc1cc(C)cc(NC(=O)c2ccc(CN(c3ccc(C)c(C)c3)S(C)(=O)=O)cc2)c1. The molecule has 0 aliphatic heterocycles. The van der Waals surface area contributed by atoms with Crippen molar-refractivity contribution in [1.82, 2.24) is 0 Å². The van der Waals surface area contributed by atoms with E-state index in [9.17, 15) is 13.2 Å². The van der Waals surface area contributed by atoms with Gasteiger partial charge in [-0.1, -0.05) is 24.3 Å². The minimum Gasteiger partial charge on any atom is -0.322 e. The summed E-state index contributed by atoms with van der Waals surface area (Å²) in [6, 6.07) is 18.5. The highest BCUT2D eigenvalue weighted by Crippen LogP contribution is 2.24. The summed E-state index contributed by atoms with van der Waals surface area (Å²) in [6.45, 7) is 8.12. The molecule has 3 rings (SSSR count). The molecule has 31 heavy (non-hydrogen) atoms. The number of amides is 1. The minimum absolute atomic E-state index is 0.195. The lowest BCUT2D eigenvalue weighted by atomic mass is 10.1. The van der Waals surface area contributed by atoms with Crippen molar-refractivity contribution in [3.05, 3.63) is 94.0 Å². The number of aryl methyl sites for hydroxylation is 4. The van der Waals surface area contributed by atoms with Gasteiger partial charge in [-0.05, 0) is 91.9 Å². The fourth-order valence-electron chi connectivity index (χ4n) is 3.46. The van der Waals surface area contributed by atoms with Crippen molar-refractivity contribution in [2.24, 2.45) is 0 Å². The van der Waals surface area contributed by atoms with Crippen LogP contribution in [0, 0.1) is 27.7 Å². The van der Waals surface area contributed by atoms with E-state index in [0.29, 0.717) is 11.3 Å². The molecule has 1 N–H and O–H groups in total. The molecule has 3 aromatic carbocycles. The first-order valence-electron chi connectivity index (χ1n) is 10.1. The number of carbonyl (C=O) groups is 1. The number of nitrogens with zero attached hydrogens (tertiary/aromatic N) is 1. The Labute approximate surface area is 184 Å². The number of nitrogens with one attached hydrogen (secondary N) is 1. The van der Waals surface area contributed by atoms with Gasteiger partial charge in [-0.25, -0.2) is 8.42 Å². The number of carbonyl (C=O) groups excluding carboxylic acids is 1. The van der Waals surface area contributed by atoms with Crippen LogP contribution in [0.3, 0.4) is 0 Å². The van der Waals surface area contributed by atoms with Crippen LogP contribution in [0.4, 0.5) is 11.4 Å². The van der Waals surface area contributed by atoms with E-state index in [1.807, 2.05) is 64.1 Å². The third-order valence-electron chi connectivity index (χ3n) is 5.20. The first kappa shape index (κ1) is 22.6. The molecule has 162 valence electrons. The van der Waals surface area contributed by atoms with Crippen molar-refractivity contribution >= 4 is 27.3 Å². The van der Waals surface area contributed by atoms with Gasteiger partial charge in [0.1, 0.15) is 0 Å². The van der Waals surface area contributed by atoms with Crippen LogP contribution in [0.25, 0.3) is 0 Å². The Kier molecular flexibility index (Phi) is 6.51.